The summed E-state index contributed by atoms with van der Waals surface area (Å²) < 4.78 is 11.0. The molecule has 0 bridgehead atoms. The van der Waals surface area contributed by atoms with E-state index >= 15 is 0 Å². The summed E-state index contributed by atoms with van der Waals surface area (Å²) in [6.45, 7) is 5.32. The number of aromatic nitrogens is 4. The van der Waals surface area contributed by atoms with Gasteiger partial charge >= 0.3 is 0 Å². The van der Waals surface area contributed by atoms with Gasteiger partial charge in [-0.1, -0.05) is 35.1 Å². The molecule has 0 aliphatic rings. The van der Waals surface area contributed by atoms with Gasteiger partial charge in [-0.25, -0.2) is 9.97 Å². The van der Waals surface area contributed by atoms with Crippen molar-refractivity contribution in [1.82, 2.24) is 25.4 Å². The van der Waals surface area contributed by atoms with Crippen LogP contribution in [0.3, 0.4) is 0 Å². The number of nitrogens with zero attached hydrogens (tertiary/aromatic N) is 4. The van der Waals surface area contributed by atoms with Gasteiger partial charge in [-0.2, -0.15) is 4.98 Å². The number of benzene rings is 1. The average Bonchev–Trinajstić information content (AvgIpc) is 3.31. The molecule has 0 aliphatic heterocycles. The smallest absolute Gasteiger partial charge is 0.288 e. The lowest BCUT2D eigenvalue weighted by Crippen LogP contribution is -2.42. The van der Waals surface area contributed by atoms with Gasteiger partial charge in [-0.15, -0.1) is 0 Å². The molecular formula is C20H19N5O3S. The molecule has 1 aromatic carbocycles. The van der Waals surface area contributed by atoms with Crippen LogP contribution in [0.25, 0.3) is 11.0 Å². The molecule has 0 saturated carbocycles. The fourth-order valence-corrected chi connectivity index (χ4v) is 3.70. The topological polar surface area (TPSA) is 107 Å². The zero-order chi connectivity index (χ0) is 20.4. The number of para-hydroxylation sites is 1. The van der Waals surface area contributed by atoms with Gasteiger partial charge in [0.1, 0.15) is 5.58 Å². The van der Waals surface area contributed by atoms with E-state index < -0.39 is 5.54 Å². The lowest BCUT2D eigenvalue weighted by Gasteiger charge is -2.21. The number of carbonyl (C=O) groups excluding carboxylic acids is 1. The van der Waals surface area contributed by atoms with Crippen LogP contribution in [0.1, 0.15) is 41.7 Å². The summed E-state index contributed by atoms with van der Waals surface area (Å²) in [5.74, 6) is 1.23. The van der Waals surface area contributed by atoms with Crippen LogP contribution in [0.4, 0.5) is 0 Å². The highest BCUT2D eigenvalue weighted by atomic mass is 32.2. The number of fused-ring (bicyclic) bond motifs is 1. The molecule has 3 aromatic heterocycles. The number of carbonyl (C=O) groups is 1. The summed E-state index contributed by atoms with van der Waals surface area (Å²) in [5, 5.41) is 8.38. The van der Waals surface area contributed by atoms with E-state index in [9.17, 15) is 4.79 Å². The third-order valence-corrected chi connectivity index (χ3v) is 5.21. The van der Waals surface area contributed by atoms with Gasteiger partial charge < -0.3 is 14.3 Å². The number of aryl methyl sites for hydroxylation is 1. The van der Waals surface area contributed by atoms with E-state index in [4.69, 9.17) is 8.94 Å². The highest BCUT2D eigenvalue weighted by molar-refractivity contribution is 7.98. The third kappa shape index (κ3) is 4.00. The maximum Gasteiger partial charge on any atom is 0.288 e. The first-order valence-electron chi connectivity index (χ1n) is 8.97. The Morgan fingerprint density at radius 1 is 1.17 bits per heavy atom. The number of amides is 1. The Labute approximate surface area is 171 Å². The SMILES string of the molecule is Cc1nc(C(C)(C)NC(=O)c2oc3ccccc3c2CSc2ncccn2)no1. The van der Waals surface area contributed by atoms with Crippen molar-refractivity contribution >= 4 is 28.6 Å². The molecule has 9 heteroatoms. The first kappa shape index (κ1) is 19.1. The van der Waals surface area contributed by atoms with Crippen molar-refractivity contribution in [1.29, 1.82) is 0 Å². The van der Waals surface area contributed by atoms with Gasteiger partial charge in [0.2, 0.25) is 5.89 Å². The first-order valence-corrected chi connectivity index (χ1v) is 9.96. The Balaban J connectivity index is 1.64. The van der Waals surface area contributed by atoms with Crippen LogP contribution in [0.2, 0.25) is 0 Å². The second-order valence-corrected chi connectivity index (χ2v) is 7.88. The van der Waals surface area contributed by atoms with Crippen molar-refractivity contribution < 1.29 is 13.7 Å². The molecule has 0 atom stereocenters. The van der Waals surface area contributed by atoms with Gasteiger partial charge in [0.25, 0.3) is 5.91 Å². The quantitative estimate of drug-likeness (QED) is 0.378. The van der Waals surface area contributed by atoms with Gasteiger partial charge in [0, 0.05) is 36.0 Å². The fourth-order valence-electron chi connectivity index (χ4n) is 2.87. The van der Waals surface area contributed by atoms with Crippen LogP contribution >= 0.6 is 11.8 Å². The molecule has 29 heavy (non-hydrogen) atoms. The Morgan fingerprint density at radius 3 is 2.66 bits per heavy atom. The minimum Gasteiger partial charge on any atom is -0.451 e. The molecule has 3 heterocycles. The Bertz CT molecular complexity index is 1150. The van der Waals surface area contributed by atoms with Crippen molar-refractivity contribution in [2.45, 2.75) is 37.2 Å². The van der Waals surface area contributed by atoms with Crippen LogP contribution in [0, 0.1) is 6.92 Å². The molecule has 4 aromatic rings. The maximum atomic E-state index is 13.1. The number of hydrogen-bond donors (Lipinski definition) is 1. The minimum absolute atomic E-state index is 0.253. The lowest BCUT2D eigenvalue weighted by atomic mass is 10.0. The van der Waals surface area contributed by atoms with Gasteiger partial charge in [-0.3, -0.25) is 4.79 Å². The molecule has 0 aliphatic carbocycles. The molecule has 0 spiro atoms. The van der Waals surface area contributed by atoms with E-state index in [1.165, 1.54) is 11.8 Å². The van der Waals surface area contributed by atoms with E-state index in [1.807, 2.05) is 38.1 Å². The molecule has 0 fully saturated rings. The normalized spacial score (nSPS) is 11.7. The van der Waals surface area contributed by atoms with E-state index in [0.29, 0.717) is 28.2 Å². The summed E-state index contributed by atoms with van der Waals surface area (Å²) in [5.41, 5.74) is 0.604. The summed E-state index contributed by atoms with van der Waals surface area (Å²) in [6.07, 6.45) is 3.37. The maximum absolute atomic E-state index is 13.1. The largest absolute Gasteiger partial charge is 0.451 e. The molecule has 8 nitrogen and oxygen atoms in total. The summed E-state index contributed by atoms with van der Waals surface area (Å²) in [4.78, 5) is 25.8. The van der Waals surface area contributed by atoms with E-state index in [1.54, 1.807) is 25.4 Å². The number of furan rings is 1. The third-order valence-electron chi connectivity index (χ3n) is 4.30. The van der Waals surface area contributed by atoms with Crippen LogP contribution in [-0.2, 0) is 11.3 Å². The summed E-state index contributed by atoms with van der Waals surface area (Å²) >= 11 is 1.44. The van der Waals surface area contributed by atoms with Crippen molar-refractivity contribution in [2.75, 3.05) is 0 Å². The van der Waals surface area contributed by atoms with Crippen molar-refractivity contribution in [2.24, 2.45) is 0 Å². The van der Waals surface area contributed by atoms with E-state index in [2.05, 4.69) is 25.4 Å². The molecule has 0 radical (unpaired) electrons. The standard InChI is InChI=1S/C20H19N5O3S/c1-12-23-18(25-28-12)20(2,3)24-17(26)16-14(11-29-19-21-9-6-10-22-19)13-7-4-5-8-15(13)27-16/h4-10H,11H2,1-3H3,(H,24,26). The predicted octanol–water partition coefficient (Wildman–Crippen LogP) is 3.87. The second kappa shape index (κ2) is 7.67. The lowest BCUT2D eigenvalue weighted by molar-refractivity contribution is 0.0880. The highest BCUT2D eigenvalue weighted by Crippen LogP contribution is 2.31. The summed E-state index contributed by atoms with van der Waals surface area (Å²) in [7, 11) is 0. The molecule has 4 rings (SSSR count). The van der Waals surface area contributed by atoms with E-state index in [-0.39, 0.29) is 11.7 Å². The zero-order valence-corrected chi connectivity index (χ0v) is 17.0. The van der Waals surface area contributed by atoms with Crippen molar-refractivity contribution in [3.8, 4) is 0 Å². The average molecular weight is 409 g/mol. The van der Waals surface area contributed by atoms with Gasteiger partial charge in [0.05, 0.1) is 5.54 Å². The first-order chi connectivity index (χ1) is 13.9. The van der Waals surface area contributed by atoms with Crippen LogP contribution < -0.4 is 5.32 Å². The van der Waals surface area contributed by atoms with Gasteiger partial charge in [-0.05, 0) is 26.0 Å². The number of thioether (sulfide) groups is 1. The Morgan fingerprint density at radius 2 is 1.93 bits per heavy atom. The second-order valence-electron chi connectivity index (χ2n) is 6.94. The number of rotatable bonds is 6. The monoisotopic (exact) mass is 409 g/mol. The molecule has 1 amide bonds. The van der Waals surface area contributed by atoms with Crippen LogP contribution in [0.15, 0.2) is 56.8 Å². The van der Waals surface area contributed by atoms with Gasteiger partial charge in [0.15, 0.2) is 16.7 Å². The predicted molar refractivity (Wildman–Crippen MR) is 107 cm³/mol. The Kier molecular flexibility index (Phi) is 5.06. The minimum atomic E-state index is -0.833. The highest BCUT2D eigenvalue weighted by Gasteiger charge is 2.31. The number of hydrogen-bond acceptors (Lipinski definition) is 8. The summed E-state index contributed by atoms with van der Waals surface area (Å²) in [6, 6.07) is 9.32. The van der Waals surface area contributed by atoms with E-state index in [0.717, 1.165) is 10.9 Å². The van der Waals surface area contributed by atoms with Crippen LogP contribution in [-0.4, -0.2) is 26.0 Å². The molecule has 0 saturated heterocycles. The van der Waals surface area contributed by atoms with Crippen molar-refractivity contribution in [3.05, 3.63) is 65.8 Å². The van der Waals surface area contributed by atoms with Crippen LogP contribution in [0.5, 0.6) is 0 Å². The zero-order valence-electron chi connectivity index (χ0n) is 16.2. The molecule has 0 unspecified atom stereocenters. The molecule has 1 N–H and O–H groups in total. The number of nitrogens with one attached hydrogen (secondary N) is 1. The van der Waals surface area contributed by atoms with Crippen molar-refractivity contribution in [3.63, 3.8) is 0 Å². The Hall–Kier alpha value is -3.20. The fraction of sp³-hybridized carbons (Fsp3) is 0.250. The molecular weight excluding hydrogens is 390 g/mol. The molecule has 148 valence electrons.